The van der Waals surface area contributed by atoms with Gasteiger partial charge in [0.2, 0.25) is 5.95 Å². The van der Waals surface area contributed by atoms with Crippen LogP contribution in [0.5, 0.6) is 0 Å². The highest BCUT2D eigenvalue weighted by atomic mass is 32.2. The van der Waals surface area contributed by atoms with Gasteiger partial charge in [0.05, 0.1) is 6.10 Å². The van der Waals surface area contributed by atoms with E-state index in [2.05, 4.69) is 22.2 Å². The van der Waals surface area contributed by atoms with Gasteiger partial charge in [-0.3, -0.25) is 0 Å². The van der Waals surface area contributed by atoms with Crippen LogP contribution in [0.3, 0.4) is 0 Å². The molecular formula is C11H17N3OS. The summed E-state index contributed by atoms with van der Waals surface area (Å²) < 4.78 is 5.55. The molecule has 16 heavy (non-hydrogen) atoms. The Balaban J connectivity index is 2.13. The Bertz CT molecular complexity index is 372. The summed E-state index contributed by atoms with van der Waals surface area (Å²) in [7, 11) is 1.83. The number of thioether (sulfide) groups is 1. The second kappa shape index (κ2) is 5.01. The number of nitrogens with zero attached hydrogens (tertiary/aromatic N) is 2. The lowest BCUT2D eigenvalue weighted by atomic mass is 10.3. The molecule has 1 fully saturated rings. The Morgan fingerprint density at radius 1 is 1.56 bits per heavy atom. The number of hydrogen-bond acceptors (Lipinski definition) is 5. The van der Waals surface area contributed by atoms with Gasteiger partial charge in [-0.2, -0.15) is 0 Å². The predicted molar refractivity (Wildman–Crippen MR) is 66.0 cm³/mol. The molecule has 5 heteroatoms. The predicted octanol–water partition coefficient (Wildman–Crippen LogP) is 2.10. The first-order valence-electron chi connectivity index (χ1n) is 5.50. The topological polar surface area (TPSA) is 47.0 Å². The normalized spacial score (nSPS) is 24.7. The van der Waals surface area contributed by atoms with E-state index in [9.17, 15) is 0 Å². The van der Waals surface area contributed by atoms with Gasteiger partial charge in [0.15, 0.2) is 0 Å². The molecule has 0 amide bonds. The molecule has 0 bridgehead atoms. The zero-order chi connectivity index (χ0) is 11.5. The number of rotatable bonds is 3. The number of anilines is 1. The summed E-state index contributed by atoms with van der Waals surface area (Å²) in [6.45, 7) is 5.03. The minimum absolute atomic E-state index is 0.317. The molecular weight excluding hydrogens is 222 g/mol. The fourth-order valence-electron chi connectivity index (χ4n) is 1.68. The van der Waals surface area contributed by atoms with E-state index in [0.717, 1.165) is 23.6 Å². The van der Waals surface area contributed by atoms with Crippen molar-refractivity contribution in [1.29, 1.82) is 0 Å². The van der Waals surface area contributed by atoms with E-state index in [-0.39, 0.29) is 0 Å². The van der Waals surface area contributed by atoms with Gasteiger partial charge < -0.3 is 10.1 Å². The van der Waals surface area contributed by atoms with E-state index >= 15 is 0 Å². The van der Waals surface area contributed by atoms with E-state index in [1.54, 1.807) is 11.8 Å². The molecule has 0 aliphatic carbocycles. The summed E-state index contributed by atoms with van der Waals surface area (Å²) >= 11 is 1.80. The Labute approximate surface area is 100 Å². The first-order chi connectivity index (χ1) is 7.70. The zero-order valence-electron chi connectivity index (χ0n) is 9.86. The molecule has 4 nitrogen and oxygen atoms in total. The lowest BCUT2D eigenvalue weighted by Gasteiger charge is -2.14. The number of aromatic nitrogens is 2. The van der Waals surface area contributed by atoms with E-state index in [1.165, 1.54) is 0 Å². The van der Waals surface area contributed by atoms with Gasteiger partial charge in [0.1, 0.15) is 5.03 Å². The zero-order valence-corrected chi connectivity index (χ0v) is 10.7. The maximum atomic E-state index is 5.55. The second-order valence-corrected chi connectivity index (χ2v) is 5.18. The highest BCUT2D eigenvalue weighted by Gasteiger charge is 2.26. The van der Waals surface area contributed by atoms with Crippen LogP contribution in [-0.4, -0.2) is 35.0 Å². The third-order valence-electron chi connectivity index (χ3n) is 2.72. The molecule has 1 saturated heterocycles. The lowest BCUT2D eigenvalue weighted by molar-refractivity contribution is 0.127. The number of ether oxygens (including phenoxy) is 1. The average molecular weight is 239 g/mol. The molecule has 0 aromatic carbocycles. The molecule has 88 valence electrons. The van der Waals surface area contributed by atoms with Crippen LogP contribution in [0.4, 0.5) is 5.95 Å². The van der Waals surface area contributed by atoms with Crippen molar-refractivity contribution in [3.05, 3.63) is 11.8 Å². The van der Waals surface area contributed by atoms with E-state index < -0.39 is 0 Å². The van der Waals surface area contributed by atoms with Crippen molar-refractivity contribution in [2.75, 3.05) is 19.0 Å². The van der Waals surface area contributed by atoms with Crippen molar-refractivity contribution in [2.24, 2.45) is 0 Å². The quantitative estimate of drug-likeness (QED) is 0.818. The average Bonchev–Trinajstić information content (AvgIpc) is 2.68. The SMILES string of the molecule is CNc1ncc(C)c(SC2CCOC2C)n1. The minimum Gasteiger partial charge on any atom is -0.377 e. The molecule has 0 saturated carbocycles. The third-order valence-corrected chi connectivity index (χ3v) is 4.28. The van der Waals surface area contributed by atoms with Gasteiger partial charge in [-0.25, -0.2) is 9.97 Å². The van der Waals surface area contributed by atoms with Crippen LogP contribution in [0.15, 0.2) is 11.2 Å². The fraction of sp³-hybridized carbons (Fsp3) is 0.636. The van der Waals surface area contributed by atoms with Crippen LogP contribution in [0.25, 0.3) is 0 Å². The van der Waals surface area contributed by atoms with Crippen molar-refractivity contribution < 1.29 is 4.74 Å². The summed E-state index contributed by atoms with van der Waals surface area (Å²) in [6.07, 6.45) is 3.28. The standard InChI is InChI=1S/C11H17N3OS/c1-7-6-13-11(12-3)14-10(7)16-9-4-5-15-8(9)2/h6,8-9H,4-5H2,1-3H3,(H,12,13,14). The van der Waals surface area contributed by atoms with Gasteiger partial charge >= 0.3 is 0 Å². The van der Waals surface area contributed by atoms with Gasteiger partial charge in [-0.05, 0) is 25.8 Å². The lowest BCUT2D eigenvalue weighted by Crippen LogP contribution is -2.14. The van der Waals surface area contributed by atoms with E-state index in [4.69, 9.17) is 4.74 Å². The molecule has 1 aliphatic heterocycles. The van der Waals surface area contributed by atoms with Crippen LogP contribution in [-0.2, 0) is 4.74 Å². The Morgan fingerprint density at radius 3 is 3.00 bits per heavy atom. The Kier molecular flexibility index (Phi) is 3.66. The van der Waals surface area contributed by atoms with Crippen molar-refractivity contribution in [1.82, 2.24) is 9.97 Å². The molecule has 1 aromatic heterocycles. The molecule has 1 aromatic rings. The third kappa shape index (κ3) is 2.47. The van der Waals surface area contributed by atoms with Crippen LogP contribution < -0.4 is 5.32 Å². The first kappa shape index (κ1) is 11.7. The van der Waals surface area contributed by atoms with Crippen molar-refractivity contribution in [3.63, 3.8) is 0 Å². The van der Waals surface area contributed by atoms with Crippen LogP contribution >= 0.6 is 11.8 Å². The molecule has 2 unspecified atom stereocenters. The monoisotopic (exact) mass is 239 g/mol. The highest BCUT2D eigenvalue weighted by Crippen LogP contribution is 2.33. The maximum absolute atomic E-state index is 5.55. The molecule has 1 N–H and O–H groups in total. The van der Waals surface area contributed by atoms with Crippen molar-refractivity contribution >= 4 is 17.7 Å². The van der Waals surface area contributed by atoms with Gasteiger partial charge in [0, 0.05) is 25.1 Å². The van der Waals surface area contributed by atoms with E-state index in [0.29, 0.717) is 17.3 Å². The molecule has 0 radical (unpaired) electrons. The second-order valence-electron chi connectivity index (χ2n) is 3.95. The van der Waals surface area contributed by atoms with Crippen molar-refractivity contribution in [3.8, 4) is 0 Å². The summed E-state index contributed by atoms with van der Waals surface area (Å²) in [4.78, 5) is 8.66. The fourth-order valence-corrected chi connectivity index (χ4v) is 2.83. The largest absolute Gasteiger partial charge is 0.377 e. The minimum atomic E-state index is 0.317. The van der Waals surface area contributed by atoms with Gasteiger partial charge in [-0.15, -0.1) is 0 Å². The Hall–Kier alpha value is -0.810. The van der Waals surface area contributed by atoms with Crippen LogP contribution in [0.2, 0.25) is 0 Å². The van der Waals surface area contributed by atoms with Crippen LogP contribution in [0, 0.1) is 6.92 Å². The Morgan fingerprint density at radius 2 is 2.38 bits per heavy atom. The highest BCUT2D eigenvalue weighted by molar-refractivity contribution is 8.00. The van der Waals surface area contributed by atoms with Gasteiger partial charge in [-0.1, -0.05) is 11.8 Å². The summed E-state index contributed by atoms with van der Waals surface area (Å²) in [5, 5.41) is 4.53. The summed E-state index contributed by atoms with van der Waals surface area (Å²) in [6, 6.07) is 0. The van der Waals surface area contributed by atoms with Crippen molar-refractivity contribution in [2.45, 2.75) is 36.6 Å². The number of aryl methyl sites for hydroxylation is 1. The first-order valence-corrected chi connectivity index (χ1v) is 6.38. The number of nitrogens with one attached hydrogen (secondary N) is 1. The summed E-state index contributed by atoms with van der Waals surface area (Å²) in [5.74, 6) is 0.680. The smallest absolute Gasteiger partial charge is 0.223 e. The molecule has 0 spiro atoms. The summed E-state index contributed by atoms with van der Waals surface area (Å²) in [5.41, 5.74) is 1.13. The van der Waals surface area contributed by atoms with Gasteiger partial charge in [0.25, 0.3) is 0 Å². The molecule has 2 atom stereocenters. The maximum Gasteiger partial charge on any atom is 0.223 e. The molecule has 2 rings (SSSR count). The number of hydrogen-bond donors (Lipinski definition) is 1. The molecule has 1 aliphatic rings. The van der Waals surface area contributed by atoms with E-state index in [1.807, 2.05) is 20.2 Å². The molecule has 2 heterocycles. The van der Waals surface area contributed by atoms with Crippen LogP contribution in [0.1, 0.15) is 18.9 Å².